The molecular weight excluding hydrogens is 346 g/mol. The molecular formula is C17H14BrNO3. The average molecular weight is 360 g/mol. The molecule has 2 aliphatic heterocycles. The molecule has 2 aliphatic rings. The van der Waals surface area contributed by atoms with E-state index in [0.717, 1.165) is 27.1 Å². The molecule has 0 spiro atoms. The van der Waals surface area contributed by atoms with E-state index >= 15 is 0 Å². The first-order chi connectivity index (χ1) is 10.6. The molecule has 0 fully saturated rings. The minimum atomic E-state index is -0.355. The van der Waals surface area contributed by atoms with Crippen LogP contribution in [0.1, 0.15) is 40.7 Å². The van der Waals surface area contributed by atoms with Crippen LogP contribution in [0, 0.1) is 0 Å². The summed E-state index contributed by atoms with van der Waals surface area (Å²) in [5, 5.41) is 0. The van der Waals surface area contributed by atoms with Crippen LogP contribution in [-0.4, -0.2) is 17.9 Å². The lowest BCUT2D eigenvalue weighted by Gasteiger charge is -2.37. The fourth-order valence-electron chi connectivity index (χ4n) is 3.18. The molecule has 2 aromatic carbocycles. The summed E-state index contributed by atoms with van der Waals surface area (Å²) in [6.07, 6.45) is -0.355. The van der Waals surface area contributed by atoms with Gasteiger partial charge in [0.25, 0.3) is 5.91 Å². The molecule has 0 radical (unpaired) electrons. The van der Waals surface area contributed by atoms with Gasteiger partial charge in [-0.3, -0.25) is 9.69 Å². The van der Waals surface area contributed by atoms with Gasteiger partial charge >= 0.3 is 0 Å². The summed E-state index contributed by atoms with van der Waals surface area (Å²) in [6, 6.07) is 11.4. The zero-order valence-electron chi connectivity index (χ0n) is 12.2. The molecule has 2 heterocycles. The first-order valence-corrected chi connectivity index (χ1v) is 7.86. The Morgan fingerprint density at radius 2 is 2.00 bits per heavy atom. The quantitative estimate of drug-likeness (QED) is 0.770. The Balaban J connectivity index is 1.84. The lowest BCUT2D eigenvalue weighted by Crippen LogP contribution is -2.37. The number of amides is 1. The van der Waals surface area contributed by atoms with Crippen LogP contribution in [0.2, 0.25) is 0 Å². The molecule has 0 unspecified atom stereocenters. The lowest BCUT2D eigenvalue weighted by atomic mass is 10.0. The fraction of sp³-hybridized carbons (Fsp3) is 0.235. The highest BCUT2D eigenvalue weighted by molar-refractivity contribution is 9.10. The molecule has 0 saturated carbocycles. The van der Waals surface area contributed by atoms with Gasteiger partial charge in [-0.2, -0.15) is 0 Å². The van der Waals surface area contributed by atoms with Crippen molar-refractivity contribution in [3.8, 4) is 11.5 Å². The third-order valence-electron chi connectivity index (χ3n) is 4.32. The number of carbonyl (C=O) groups excluding carboxylic acids is 1. The number of fused-ring (bicyclic) bond motifs is 4. The average Bonchev–Trinajstić information content (AvgIpc) is 2.80. The number of nitrogens with zero attached hydrogens (tertiary/aromatic N) is 1. The Morgan fingerprint density at radius 1 is 1.18 bits per heavy atom. The minimum absolute atomic E-state index is 0.00210. The van der Waals surface area contributed by atoms with Crippen molar-refractivity contribution in [3.05, 3.63) is 57.6 Å². The number of carbonyl (C=O) groups is 1. The zero-order valence-corrected chi connectivity index (χ0v) is 13.8. The summed E-state index contributed by atoms with van der Waals surface area (Å²) in [6.45, 7) is 2.02. The number of halogens is 1. The van der Waals surface area contributed by atoms with Crippen LogP contribution in [0.4, 0.5) is 0 Å². The van der Waals surface area contributed by atoms with E-state index in [1.807, 2.05) is 43.3 Å². The number of methoxy groups -OCH3 is 1. The van der Waals surface area contributed by atoms with Crippen LogP contribution in [0.5, 0.6) is 11.5 Å². The van der Waals surface area contributed by atoms with Crippen molar-refractivity contribution in [1.82, 2.24) is 4.90 Å². The van der Waals surface area contributed by atoms with Gasteiger partial charge in [-0.15, -0.1) is 0 Å². The van der Waals surface area contributed by atoms with E-state index in [9.17, 15) is 4.79 Å². The van der Waals surface area contributed by atoms with Crippen molar-refractivity contribution in [3.63, 3.8) is 0 Å². The van der Waals surface area contributed by atoms with Gasteiger partial charge in [0.15, 0.2) is 0 Å². The van der Waals surface area contributed by atoms with Crippen LogP contribution in [0.15, 0.2) is 40.9 Å². The molecule has 0 bridgehead atoms. The smallest absolute Gasteiger partial charge is 0.258 e. The highest BCUT2D eigenvalue weighted by Crippen LogP contribution is 2.48. The van der Waals surface area contributed by atoms with Gasteiger partial charge in [-0.05, 0) is 37.3 Å². The molecule has 4 nitrogen and oxygen atoms in total. The molecule has 0 aromatic heterocycles. The van der Waals surface area contributed by atoms with Crippen molar-refractivity contribution in [2.24, 2.45) is 0 Å². The molecule has 4 rings (SSSR count). The van der Waals surface area contributed by atoms with Crippen molar-refractivity contribution >= 4 is 21.8 Å². The van der Waals surface area contributed by atoms with Crippen molar-refractivity contribution in [2.45, 2.75) is 19.2 Å². The molecule has 0 N–H and O–H groups in total. The van der Waals surface area contributed by atoms with Crippen LogP contribution in [-0.2, 0) is 0 Å². The highest BCUT2D eigenvalue weighted by Gasteiger charge is 2.45. The highest BCUT2D eigenvalue weighted by atomic mass is 79.9. The Hall–Kier alpha value is -2.01. The van der Waals surface area contributed by atoms with Crippen LogP contribution < -0.4 is 9.47 Å². The number of benzene rings is 2. The maximum atomic E-state index is 12.8. The maximum Gasteiger partial charge on any atom is 0.258 e. The SMILES string of the molecule is COc1ccc2c(c1)[C@H](C)N1C(=O)c3cc(Br)ccc3[C@H]1O2. The first-order valence-electron chi connectivity index (χ1n) is 7.07. The summed E-state index contributed by atoms with van der Waals surface area (Å²) in [5.41, 5.74) is 2.59. The lowest BCUT2D eigenvalue weighted by molar-refractivity contribution is -0.00192. The summed E-state index contributed by atoms with van der Waals surface area (Å²) in [5.74, 6) is 1.57. The molecule has 5 heteroatoms. The molecule has 0 saturated heterocycles. The fourth-order valence-corrected chi connectivity index (χ4v) is 3.54. The first kappa shape index (κ1) is 13.6. The van der Waals surface area contributed by atoms with E-state index < -0.39 is 0 Å². The zero-order chi connectivity index (χ0) is 15.4. The maximum absolute atomic E-state index is 12.8. The second-order valence-corrected chi connectivity index (χ2v) is 6.41. The number of hydrogen-bond acceptors (Lipinski definition) is 3. The van der Waals surface area contributed by atoms with Gasteiger partial charge in [0.2, 0.25) is 6.23 Å². The van der Waals surface area contributed by atoms with Gasteiger partial charge < -0.3 is 9.47 Å². The van der Waals surface area contributed by atoms with E-state index in [2.05, 4.69) is 15.9 Å². The normalized spacial score (nSPS) is 21.8. The summed E-state index contributed by atoms with van der Waals surface area (Å²) in [7, 11) is 1.63. The Bertz CT molecular complexity index is 789. The number of ether oxygens (including phenoxy) is 2. The van der Waals surface area contributed by atoms with E-state index in [-0.39, 0.29) is 18.2 Å². The standard InChI is InChI=1S/C17H14BrNO3/c1-9-13-8-11(21-2)4-6-15(13)22-17-12-5-3-10(18)7-14(12)16(20)19(9)17/h3-9,17H,1-2H3/t9-,17+/m0/s1. The van der Waals surface area contributed by atoms with E-state index in [1.54, 1.807) is 12.0 Å². The van der Waals surface area contributed by atoms with Crippen LogP contribution in [0.25, 0.3) is 0 Å². The van der Waals surface area contributed by atoms with E-state index in [4.69, 9.17) is 9.47 Å². The monoisotopic (exact) mass is 359 g/mol. The molecule has 0 aliphatic carbocycles. The predicted molar refractivity (Wildman–Crippen MR) is 85.1 cm³/mol. The van der Waals surface area contributed by atoms with Gasteiger partial charge in [-0.1, -0.05) is 22.0 Å². The van der Waals surface area contributed by atoms with Gasteiger partial charge in [0, 0.05) is 21.2 Å². The van der Waals surface area contributed by atoms with E-state index in [0.29, 0.717) is 5.56 Å². The van der Waals surface area contributed by atoms with Crippen molar-refractivity contribution in [1.29, 1.82) is 0 Å². The number of hydrogen-bond donors (Lipinski definition) is 0. The summed E-state index contributed by atoms with van der Waals surface area (Å²) in [4.78, 5) is 14.5. The third-order valence-corrected chi connectivity index (χ3v) is 4.82. The second kappa shape index (κ2) is 4.74. The molecule has 2 aromatic rings. The Labute approximate surface area is 136 Å². The van der Waals surface area contributed by atoms with Crippen LogP contribution >= 0.6 is 15.9 Å². The topological polar surface area (TPSA) is 38.8 Å². The molecule has 22 heavy (non-hydrogen) atoms. The van der Waals surface area contributed by atoms with Gasteiger partial charge in [0.05, 0.1) is 13.2 Å². The molecule has 1 amide bonds. The molecule has 112 valence electrons. The second-order valence-electron chi connectivity index (χ2n) is 5.49. The largest absolute Gasteiger partial charge is 0.497 e. The van der Waals surface area contributed by atoms with E-state index in [1.165, 1.54) is 0 Å². The van der Waals surface area contributed by atoms with Crippen molar-refractivity contribution < 1.29 is 14.3 Å². The number of rotatable bonds is 1. The predicted octanol–water partition coefficient (Wildman–Crippen LogP) is 4.07. The molecule has 2 atom stereocenters. The van der Waals surface area contributed by atoms with Crippen molar-refractivity contribution in [2.75, 3.05) is 7.11 Å². The summed E-state index contributed by atoms with van der Waals surface area (Å²) < 4.78 is 12.3. The third kappa shape index (κ3) is 1.78. The Morgan fingerprint density at radius 3 is 2.77 bits per heavy atom. The van der Waals surface area contributed by atoms with Crippen LogP contribution in [0.3, 0.4) is 0 Å². The minimum Gasteiger partial charge on any atom is -0.497 e. The summed E-state index contributed by atoms with van der Waals surface area (Å²) >= 11 is 3.43. The van der Waals surface area contributed by atoms with Gasteiger partial charge in [0.1, 0.15) is 11.5 Å². The Kier molecular flexibility index (Phi) is 2.94. The van der Waals surface area contributed by atoms with Gasteiger partial charge in [-0.25, -0.2) is 0 Å².